The standard InChI is InChI=1S/C16H14BrNO4/c1-10-3-4-11(16(20)21-2)9-13(10)18-15(19)8-6-12-5-7-14(17)22-12/h3-9H,1-2H3,(H,18,19). The van der Waals surface area contributed by atoms with E-state index in [9.17, 15) is 9.59 Å². The lowest BCUT2D eigenvalue weighted by Crippen LogP contribution is -2.10. The number of furan rings is 1. The van der Waals surface area contributed by atoms with E-state index in [-0.39, 0.29) is 5.91 Å². The van der Waals surface area contributed by atoms with Crippen LogP contribution >= 0.6 is 15.9 Å². The third kappa shape index (κ3) is 4.08. The van der Waals surface area contributed by atoms with Gasteiger partial charge in [-0.3, -0.25) is 4.79 Å². The molecular formula is C16H14BrNO4. The minimum absolute atomic E-state index is 0.322. The van der Waals surface area contributed by atoms with E-state index >= 15 is 0 Å². The molecule has 6 heteroatoms. The van der Waals surface area contributed by atoms with Crippen LogP contribution < -0.4 is 5.32 Å². The van der Waals surface area contributed by atoms with Gasteiger partial charge in [0.15, 0.2) is 4.67 Å². The fraction of sp³-hybridized carbons (Fsp3) is 0.125. The smallest absolute Gasteiger partial charge is 0.337 e. The highest BCUT2D eigenvalue weighted by atomic mass is 79.9. The van der Waals surface area contributed by atoms with Crippen LogP contribution in [0, 0.1) is 6.92 Å². The zero-order chi connectivity index (χ0) is 16.1. The number of nitrogens with one attached hydrogen (secondary N) is 1. The second-order valence-corrected chi connectivity index (χ2v) is 5.27. The van der Waals surface area contributed by atoms with Crippen molar-refractivity contribution < 1.29 is 18.7 Å². The summed E-state index contributed by atoms with van der Waals surface area (Å²) in [5.41, 5.74) is 1.77. The third-order valence-electron chi connectivity index (χ3n) is 2.91. The first-order chi connectivity index (χ1) is 10.5. The van der Waals surface area contributed by atoms with Crippen LogP contribution in [-0.2, 0) is 9.53 Å². The number of ether oxygens (including phenoxy) is 1. The van der Waals surface area contributed by atoms with Crippen LogP contribution in [0.15, 0.2) is 45.5 Å². The summed E-state index contributed by atoms with van der Waals surface area (Å²) in [5, 5.41) is 2.72. The molecule has 0 unspecified atom stereocenters. The summed E-state index contributed by atoms with van der Waals surface area (Å²) in [5.74, 6) is -0.217. The molecule has 114 valence electrons. The van der Waals surface area contributed by atoms with Gasteiger partial charge in [0.05, 0.1) is 12.7 Å². The predicted molar refractivity (Wildman–Crippen MR) is 86.6 cm³/mol. The van der Waals surface area contributed by atoms with E-state index in [4.69, 9.17) is 4.42 Å². The molecule has 0 bridgehead atoms. The average molecular weight is 364 g/mol. The summed E-state index contributed by atoms with van der Waals surface area (Å²) in [6.07, 6.45) is 2.91. The quantitative estimate of drug-likeness (QED) is 0.662. The molecule has 0 saturated carbocycles. The SMILES string of the molecule is COC(=O)c1ccc(C)c(NC(=O)C=Cc2ccc(Br)o2)c1. The molecule has 0 radical (unpaired) electrons. The van der Waals surface area contributed by atoms with Crippen molar-refractivity contribution in [1.29, 1.82) is 0 Å². The molecule has 0 spiro atoms. The predicted octanol–water partition coefficient (Wildman–Crippen LogP) is 3.79. The van der Waals surface area contributed by atoms with E-state index in [0.717, 1.165) is 5.56 Å². The van der Waals surface area contributed by atoms with Gasteiger partial charge in [0.2, 0.25) is 5.91 Å². The van der Waals surface area contributed by atoms with Gasteiger partial charge in [0.1, 0.15) is 5.76 Å². The summed E-state index contributed by atoms with van der Waals surface area (Å²) in [7, 11) is 1.31. The second-order valence-electron chi connectivity index (χ2n) is 4.49. The number of esters is 1. The van der Waals surface area contributed by atoms with E-state index < -0.39 is 5.97 Å². The Bertz CT molecular complexity index is 733. The molecular weight excluding hydrogens is 350 g/mol. The Labute approximate surface area is 136 Å². The first kappa shape index (κ1) is 16.0. The van der Waals surface area contributed by atoms with Gasteiger partial charge in [0.25, 0.3) is 0 Å². The van der Waals surface area contributed by atoms with Gasteiger partial charge in [-0.25, -0.2) is 4.79 Å². The number of rotatable bonds is 4. The lowest BCUT2D eigenvalue weighted by molar-refractivity contribution is -0.111. The molecule has 0 saturated heterocycles. The number of carbonyl (C=O) groups is 2. The molecule has 1 aromatic carbocycles. The van der Waals surface area contributed by atoms with Gasteiger partial charge >= 0.3 is 5.97 Å². The first-order valence-corrected chi connectivity index (χ1v) is 7.22. The number of amides is 1. The summed E-state index contributed by atoms with van der Waals surface area (Å²) < 4.78 is 10.5. The van der Waals surface area contributed by atoms with Crippen LogP contribution in [-0.4, -0.2) is 19.0 Å². The molecule has 1 aromatic heterocycles. The Hall–Kier alpha value is -2.34. The highest BCUT2D eigenvalue weighted by Crippen LogP contribution is 2.18. The van der Waals surface area contributed by atoms with E-state index in [1.165, 1.54) is 13.2 Å². The molecule has 0 fully saturated rings. The number of benzene rings is 1. The maximum absolute atomic E-state index is 11.9. The van der Waals surface area contributed by atoms with Crippen LogP contribution in [0.25, 0.3) is 6.08 Å². The Balaban J connectivity index is 2.10. The second kappa shape index (κ2) is 7.09. The van der Waals surface area contributed by atoms with Crippen molar-refractivity contribution in [3.63, 3.8) is 0 Å². The Morgan fingerprint density at radius 1 is 1.27 bits per heavy atom. The van der Waals surface area contributed by atoms with Crippen molar-refractivity contribution in [3.8, 4) is 0 Å². The van der Waals surface area contributed by atoms with E-state index in [1.807, 2.05) is 6.92 Å². The molecule has 22 heavy (non-hydrogen) atoms. The lowest BCUT2D eigenvalue weighted by Gasteiger charge is -2.08. The maximum Gasteiger partial charge on any atom is 0.337 e. The average Bonchev–Trinajstić information content (AvgIpc) is 2.92. The zero-order valence-electron chi connectivity index (χ0n) is 12.1. The van der Waals surface area contributed by atoms with Crippen LogP contribution in [0.1, 0.15) is 21.7 Å². The highest BCUT2D eigenvalue weighted by molar-refractivity contribution is 9.10. The molecule has 0 aliphatic heterocycles. The van der Waals surface area contributed by atoms with Crippen LogP contribution in [0.2, 0.25) is 0 Å². The Morgan fingerprint density at radius 3 is 2.68 bits per heavy atom. The Morgan fingerprint density at radius 2 is 2.05 bits per heavy atom. The van der Waals surface area contributed by atoms with Gasteiger partial charge in [-0.1, -0.05) is 6.07 Å². The van der Waals surface area contributed by atoms with Crippen molar-refractivity contribution in [2.24, 2.45) is 0 Å². The summed E-state index contributed by atoms with van der Waals surface area (Å²) in [6, 6.07) is 8.44. The number of hydrogen-bond acceptors (Lipinski definition) is 4. The summed E-state index contributed by atoms with van der Waals surface area (Å²) >= 11 is 3.19. The molecule has 1 heterocycles. The Kier molecular flexibility index (Phi) is 5.16. The number of methoxy groups -OCH3 is 1. The topological polar surface area (TPSA) is 68.5 Å². The zero-order valence-corrected chi connectivity index (χ0v) is 13.6. The van der Waals surface area contributed by atoms with Crippen molar-refractivity contribution in [2.75, 3.05) is 12.4 Å². The molecule has 0 aliphatic rings. The fourth-order valence-corrected chi connectivity index (χ4v) is 2.07. The molecule has 0 atom stereocenters. The minimum Gasteiger partial charge on any atom is -0.465 e. The van der Waals surface area contributed by atoms with Crippen LogP contribution in [0.5, 0.6) is 0 Å². The van der Waals surface area contributed by atoms with Gasteiger partial charge in [-0.2, -0.15) is 0 Å². The molecule has 5 nitrogen and oxygen atoms in total. The van der Waals surface area contributed by atoms with E-state index in [2.05, 4.69) is 26.0 Å². The monoisotopic (exact) mass is 363 g/mol. The first-order valence-electron chi connectivity index (χ1n) is 6.43. The summed E-state index contributed by atoms with van der Waals surface area (Å²) in [6.45, 7) is 1.84. The van der Waals surface area contributed by atoms with Crippen molar-refractivity contribution in [1.82, 2.24) is 0 Å². The number of hydrogen-bond donors (Lipinski definition) is 1. The normalized spacial score (nSPS) is 10.7. The van der Waals surface area contributed by atoms with E-state index in [1.54, 1.807) is 36.4 Å². The fourth-order valence-electron chi connectivity index (χ4n) is 1.75. The maximum atomic E-state index is 11.9. The van der Waals surface area contributed by atoms with Crippen molar-refractivity contribution in [3.05, 3.63) is 58.0 Å². The summed E-state index contributed by atoms with van der Waals surface area (Å²) in [4.78, 5) is 23.4. The minimum atomic E-state index is -0.452. The number of carbonyl (C=O) groups excluding carboxylic acids is 2. The van der Waals surface area contributed by atoms with Gasteiger partial charge < -0.3 is 14.5 Å². The molecule has 2 aromatic rings. The number of halogens is 1. The van der Waals surface area contributed by atoms with Crippen LogP contribution in [0.3, 0.4) is 0 Å². The van der Waals surface area contributed by atoms with Crippen LogP contribution in [0.4, 0.5) is 5.69 Å². The largest absolute Gasteiger partial charge is 0.465 e. The number of anilines is 1. The van der Waals surface area contributed by atoms with E-state index in [0.29, 0.717) is 21.7 Å². The lowest BCUT2D eigenvalue weighted by atomic mass is 10.1. The molecule has 2 rings (SSSR count). The van der Waals surface area contributed by atoms with Crippen molar-refractivity contribution in [2.45, 2.75) is 6.92 Å². The van der Waals surface area contributed by atoms with Gasteiger partial charge in [-0.15, -0.1) is 0 Å². The van der Waals surface area contributed by atoms with Gasteiger partial charge in [-0.05, 0) is 58.8 Å². The third-order valence-corrected chi connectivity index (χ3v) is 3.34. The molecule has 1 N–H and O–H groups in total. The molecule has 1 amide bonds. The highest BCUT2D eigenvalue weighted by Gasteiger charge is 2.09. The molecule has 0 aliphatic carbocycles. The number of aryl methyl sites for hydroxylation is 1. The van der Waals surface area contributed by atoms with Crippen molar-refractivity contribution >= 4 is 39.6 Å². The van der Waals surface area contributed by atoms with Gasteiger partial charge in [0, 0.05) is 11.8 Å².